The van der Waals surface area contributed by atoms with Gasteiger partial charge in [0.1, 0.15) is 5.75 Å². The Kier molecular flexibility index (Phi) is 5.64. The van der Waals surface area contributed by atoms with E-state index in [4.69, 9.17) is 4.74 Å². The Labute approximate surface area is 137 Å². The maximum absolute atomic E-state index is 12.7. The number of carbonyl (C=O) groups excluding carboxylic acids is 1. The van der Waals surface area contributed by atoms with Gasteiger partial charge in [-0.2, -0.15) is 0 Å². The predicted molar refractivity (Wildman–Crippen MR) is 87.4 cm³/mol. The largest absolute Gasteiger partial charge is 0.497 e. The molecule has 5 heteroatoms. The predicted octanol–water partition coefficient (Wildman–Crippen LogP) is 2.59. The van der Waals surface area contributed by atoms with Crippen LogP contribution in [-0.2, 0) is 16.0 Å². The Hall–Kier alpha value is -2.04. The summed E-state index contributed by atoms with van der Waals surface area (Å²) in [5.41, 5.74) is 1.08. The highest BCUT2D eigenvalue weighted by Crippen LogP contribution is 2.25. The van der Waals surface area contributed by atoms with Crippen molar-refractivity contribution >= 4 is 11.9 Å². The average molecular weight is 319 g/mol. The van der Waals surface area contributed by atoms with Crippen molar-refractivity contribution in [2.45, 2.75) is 39.2 Å². The van der Waals surface area contributed by atoms with Crippen molar-refractivity contribution in [3.63, 3.8) is 0 Å². The summed E-state index contributed by atoms with van der Waals surface area (Å²) in [6.07, 6.45) is 2.04. The Morgan fingerprint density at radius 2 is 1.96 bits per heavy atom. The molecule has 3 atom stereocenters. The third-order valence-corrected chi connectivity index (χ3v) is 4.64. The highest BCUT2D eigenvalue weighted by molar-refractivity contribution is 5.80. The van der Waals surface area contributed by atoms with Gasteiger partial charge >= 0.3 is 5.97 Å². The normalized spacial score (nSPS) is 22.5. The molecule has 1 saturated heterocycles. The number of hydrogen-bond acceptors (Lipinski definition) is 3. The third kappa shape index (κ3) is 4.24. The summed E-state index contributed by atoms with van der Waals surface area (Å²) >= 11 is 0. The van der Waals surface area contributed by atoms with Crippen LogP contribution in [0.2, 0.25) is 0 Å². The van der Waals surface area contributed by atoms with Gasteiger partial charge in [-0.15, -0.1) is 0 Å². The molecule has 126 valence electrons. The number of nitrogens with zero attached hydrogens (tertiary/aromatic N) is 1. The second-order valence-corrected chi connectivity index (χ2v) is 6.41. The molecule has 1 heterocycles. The number of amides is 1. The van der Waals surface area contributed by atoms with Crippen molar-refractivity contribution in [3.8, 4) is 5.75 Å². The highest BCUT2D eigenvalue weighted by atomic mass is 16.5. The van der Waals surface area contributed by atoms with Gasteiger partial charge in [-0.05, 0) is 43.9 Å². The van der Waals surface area contributed by atoms with Crippen LogP contribution in [0.15, 0.2) is 24.3 Å². The lowest BCUT2D eigenvalue weighted by Crippen LogP contribution is -2.49. The Morgan fingerprint density at radius 1 is 1.30 bits per heavy atom. The lowest BCUT2D eigenvalue weighted by atomic mass is 9.91. The monoisotopic (exact) mass is 319 g/mol. The van der Waals surface area contributed by atoms with Crippen molar-refractivity contribution < 1.29 is 19.4 Å². The number of ether oxygens (including phenoxy) is 1. The van der Waals surface area contributed by atoms with Crippen molar-refractivity contribution in [1.82, 2.24) is 4.90 Å². The molecule has 1 aliphatic heterocycles. The molecule has 1 aliphatic rings. The number of carbonyl (C=O) groups is 2. The lowest BCUT2D eigenvalue weighted by molar-refractivity contribution is -0.148. The maximum atomic E-state index is 12.7. The molecule has 2 rings (SSSR count). The number of methoxy groups -OCH3 is 1. The number of aliphatic carboxylic acids is 1. The van der Waals surface area contributed by atoms with Crippen LogP contribution >= 0.6 is 0 Å². The fraction of sp³-hybridized carbons (Fsp3) is 0.556. The van der Waals surface area contributed by atoms with E-state index in [2.05, 4.69) is 0 Å². The summed E-state index contributed by atoms with van der Waals surface area (Å²) in [7, 11) is 1.62. The summed E-state index contributed by atoms with van der Waals surface area (Å²) < 4.78 is 5.13. The Morgan fingerprint density at radius 3 is 2.52 bits per heavy atom. The molecule has 0 saturated carbocycles. The smallest absolute Gasteiger partial charge is 0.308 e. The summed E-state index contributed by atoms with van der Waals surface area (Å²) in [6, 6.07) is 7.80. The number of carboxylic acids is 1. The number of likely N-dealkylation sites (tertiary alicyclic amines) is 1. The van der Waals surface area contributed by atoms with Gasteiger partial charge in [0.15, 0.2) is 0 Å². The second kappa shape index (κ2) is 7.49. The number of piperidine rings is 1. The van der Waals surface area contributed by atoms with Gasteiger partial charge in [0, 0.05) is 18.5 Å². The van der Waals surface area contributed by atoms with Crippen LogP contribution in [0.1, 0.15) is 32.3 Å². The molecule has 1 fully saturated rings. The summed E-state index contributed by atoms with van der Waals surface area (Å²) in [5.74, 6) is -0.583. The first kappa shape index (κ1) is 17.3. The minimum Gasteiger partial charge on any atom is -0.497 e. The molecule has 1 amide bonds. The quantitative estimate of drug-likeness (QED) is 0.906. The zero-order valence-electron chi connectivity index (χ0n) is 14.0. The Balaban J connectivity index is 2.00. The third-order valence-electron chi connectivity index (χ3n) is 4.64. The number of hydrogen-bond donors (Lipinski definition) is 1. The van der Waals surface area contributed by atoms with Crippen molar-refractivity contribution in [2.75, 3.05) is 13.7 Å². The molecule has 1 aromatic rings. The molecule has 5 nitrogen and oxygen atoms in total. The standard InChI is InChI=1S/C18H25NO4/c1-12(10-14-5-8-16(23-3)9-6-14)17(20)19-11-15(18(21)22)7-4-13(19)2/h5-6,8-9,12-13,15H,4,7,10-11H2,1-3H3,(H,21,22). The average Bonchev–Trinajstić information content (AvgIpc) is 2.55. The molecule has 23 heavy (non-hydrogen) atoms. The number of carboxylic acid groups (broad SMARTS) is 1. The second-order valence-electron chi connectivity index (χ2n) is 6.41. The van der Waals surface area contributed by atoms with Gasteiger partial charge < -0.3 is 14.7 Å². The molecular formula is C18H25NO4. The molecule has 3 unspecified atom stereocenters. The minimum atomic E-state index is -0.808. The lowest BCUT2D eigenvalue weighted by Gasteiger charge is -2.38. The van der Waals surface area contributed by atoms with Crippen LogP contribution in [0.5, 0.6) is 5.75 Å². The maximum Gasteiger partial charge on any atom is 0.308 e. The molecule has 0 aromatic heterocycles. The summed E-state index contributed by atoms with van der Waals surface area (Å²) in [4.78, 5) is 25.7. The number of rotatable bonds is 5. The molecule has 1 N–H and O–H groups in total. The van der Waals surface area contributed by atoms with Crippen molar-refractivity contribution in [2.24, 2.45) is 11.8 Å². The zero-order valence-corrected chi connectivity index (χ0v) is 14.0. The molecule has 0 spiro atoms. The SMILES string of the molecule is COc1ccc(CC(C)C(=O)N2CC(C(=O)O)CCC2C)cc1. The summed E-state index contributed by atoms with van der Waals surface area (Å²) in [5, 5.41) is 9.20. The van der Waals surface area contributed by atoms with Gasteiger partial charge in [0.25, 0.3) is 0 Å². The van der Waals surface area contributed by atoms with E-state index in [-0.39, 0.29) is 17.9 Å². The van der Waals surface area contributed by atoms with Crippen molar-refractivity contribution in [1.29, 1.82) is 0 Å². The first-order chi connectivity index (χ1) is 10.9. The van der Waals surface area contributed by atoms with E-state index in [0.29, 0.717) is 19.4 Å². The van der Waals surface area contributed by atoms with Gasteiger partial charge in [0.2, 0.25) is 5.91 Å². The van der Waals surface area contributed by atoms with E-state index < -0.39 is 11.9 Å². The zero-order chi connectivity index (χ0) is 17.0. The molecule has 1 aromatic carbocycles. The van der Waals surface area contributed by atoms with E-state index in [1.807, 2.05) is 38.1 Å². The minimum absolute atomic E-state index is 0.0410. The highest BCUT2D eigenvalue weighted by Gasteiger charge is 2.34. The van der Waals surface area contributed by atoms with E-state index >= 15 is 0 Å². The molecule has 0 bridgehead atoms. The van der Waals surface area contributed by atoms with Gasteiger partial charge in [-0.3, -0.25) is 9.59 Å². The van der Waals surface area contributed by atoms with E-state index in [0.717, 1.165) is 17.7 Å². The summed E-state index contributed by atoms with van der Waals surface area (Å²) in [6.45, 7) is 4.22. The van der Waals surface area contributed by atoms with Crippen LogP contribution in [0.4, 0.5) is 0 Å². The van der Waals surface area contributed by atoms with Gasteiger partial charge in [-0.25, -0.2) is 0 Å². The fourth-order valence-electron chi connectivity index (χ4n) is 3.10. The van der Waals surface area contributed by atoms with Crippen LogP contribution in [-0.4, -0.2) is 41.6 Å². The molecular weight excluding hydrogens is 294 g/mol. The number of benzene rings is 1. The van der Waals surface area contributed by atoms with Crippen LogP contribution < -0.4 is 4.74 Å². The molecule has 0 aliphatic carbocycles. The van der Waals surface area contributed by atoms with E-state index in [1.165, 1.54) is 0 Å². The molecule has 0 radical (unpaired) electrons. The topological polar surface area (TPSA) is 66.8 Å². The Bertz CT molecular complexity index is 555. The van der Waals surface area contributed by atoms with E-state index in [1.54, 1.807) is 12.0 Å². The first-order valence-electron chi connectivity index (χ1n) is 8.08. The van der Waals surface area contributed by atoms with Crippen molar-refractivity contribution in [3.05, 3.63) is 29.8 Å². The van der Waals surface area contributed by atoms with E-state index in [9.17, 15) is 14.7 Å². The van der Waals surface area contributed by atoms with Gasteiger partial charge in [-0.1, -0.05) is 19.1 Å². The van der Waals surface area contributed by atoms with Crippen LogP contribution in [0.3, 0.4) is 0 Å². The first-order valence-corrected chi connectivity index (χ1v) is 8.08. The van der Waals surface area contributed by atoms with Crippen LogP contribution in [0.25, 0.3) is 0 Å². The van der Waals surface area contributed by atoms with Crippen LogP contribution in [0, 0.1) is 11.8 Å². The van der Waals surface area contributed by atoms with Gasteiger partial charge in [0.05, 0.1) is 13.0 Å². The fourth-order valence-corrected chi connectivity index (χ4v) is 3.10.